The van der Waals surface area contributed by atoms with Crippen LogP contribution in [0.2, 0.25) is 0 Å². The van der Waals surface area contributed by atoms with Gasteiger partial charge in [-0.1, -0.05) is 0 Å². The number of fused-ring (bicyclic) bond motifs is 4. The van der Waals surface area contributed by atoms with Crippen LogP contribution in [0.1, 0.15) is 11.1 Å². The van der Waals surface area contributed by atoms with Gasteiger partial charge in [-0.25, -0.2) is 0 Å². The van der Waals surface area contributed by atoms with Crippen LogP contribution in [0.5, 0.6) is 23.0 Å². The monoisotopic (exact) mass is 596 g/mol. The summed E-state index contributed by atoms with van der Waals surface area (Å²) in [6.07, 6.45) is 0. The molecule has 2 aromatic rings. The minimum absolute atomic E-state index is 0.124. The Morgan fingerprint density at radius 3 is 1.24 bits per heavy atom. The highest BCUT2D eigenvalue weighted by atomic mass is 16.6. The molecule has 2 aromatic carbocycles. The van der Waals surface area contributed by atoms with Crippen LogP contribution in [-0.2, 0) is 41.6 Å². The third-order valence-corrected chi connectivity index (χ3v) is 5.79. The van der Waals surface area contributed by atoms with Gasteiger partial charge in [0.05, 0.1) is 92.5 Å². The van der Waals surface area contributed by atoms with Crippen molar-refractivity contribution in [3.05, 3.63) is 47.5 Å². The highest BCUT2D eigenvalue weighted by molar-refractivity contribution is 5.40. The zero-order valence-corrected chi connectivity index (χ0v) is 24.2. The van der Waals surface area contributed by atoms with Gasteiger partial charge in [-0.2, -0.15) is 0 Å². The zero-order valence-electron chi connectivity index (χ0n) is 24.2. The van der Waals surface area contributed by atoms with Gasteiger partial charge in [-0.05, 0) is 29.8 Å². The van der Waals surface area contributed by atoms with Gasteiger partial charge in [0.25, 0.3) is 0 Å². The second-order valence-electron chi connectivity index (χ2n) is 8.97. The van der Waals surface area contributed by atoms with E-state index in [1.165, 1.54) is 0 Å². The largest absolute Gasteiger partial charge is 0.491 e. The molecule has 0 unspecified atom stereocenters. The molecule has 0 aliphatic carbocycles. The Morgan fingerprint density at radius 1 is 0.405 bits per heavy atom. The van der Waals surface area contributed by atoms with Crippen LogP contribution in [0.3, 0.4) is 0 Å². The molecule has 1 heterocycles. The van der Waals surface area contributed by atoms with Gasteiger partial charge in [0.15, 0.2) is 0 Å². The normalized spacial score (nSPS) is 18.5. The SMILES string of the molecule is OCc1cc2cc(c1)OCCOCCOCCOCCOc1cc(ccc1CO)OCCOCCOCCOCCO2. The number of hydrogen-bond acceptors (Lipinski definition) is 12. The number of hydrogen-bond donors (Lipinski definition) is 2. The fraction of sp³-hybridized carbons (Fsp3) is 0.600. The first-order valence-corrected chi connectivity index (χ1v) is 14.2. The quantitative estimate of drug-likeness (QED) is 0.526. The predicted molar refractivity (Wildman–Crippen MR) is 152 cm³/mol. The van der Waals surface area contributed by atoms with E-state index in [9.17, 15) is 10.2 Å². The van der Waals surface area contributed by atoms with Crippen LogP contribution in [0.25, 0.3) is 0 Å². The van der Waals surface area contributed by atoms with Crippen molar-refractivity contribution in [2.45, 2.75) is 13.2 Å². The van der Waals surface area contributed by atoms with Crippen molar-refractivity contribution in [1.29, 1.82) is 0 Å². The van der Waals surface area contributed by atoms with Gasteiger partial charge >= 0.3 is 0 Å². The van der Waals surface area contributed by atoms with E-state index in [1.807, 2.05) is 0 Å². The van der Waals surface area contributed by atoms with Gasteiger partial charge in [0.2, 0.25) is 0 Å². The molecule has 0 amide bonds. The lowest BCUT2D eigenvalue weighted by atomic mass is 10.2. The minimum Gasteiger partial charge on any atom is -0.491 e. The molecule has 0 aromatic heterocycles. The number of rotatable bonds is 2. The Hall–Kier alpha value is -2.68. The molecule has 1 aliphatic rings. The van der Waals surface area contributed by atoms with Gasteiger partial charge in [0, 0.05) is 17.7 Å². The summed E-state index contributed by atoms with van der Waals surface area (Å²) >= 11 is 0. The summed E-state index contributed by atoms with van der Waals surface area (Å²) in [7, 11) is 0. The molecule has 4 bridgehead atoms. The maximum Gasteiger partial charge on any atom is 0.128 e. The van der Waals surface area contributed by atoms with Crippen LogP contribution in [-0.4, -0.2) is 116 Å². The molecule has 0 saturated heterocycles. The summed E-state index contributed by atoms with van der Waals surface area (Å²) in [6, 6.07) is 10.6. The Kier molecular flexibility index (Phi) is 17.7. The van der Waals surface area contributed by atoms with Gasteiger partial charge in [-0.3, -0.25) is 0 Å². The summed E-state index contributed by atoms with van der Waals surface area (Å²) < 4.78 is 56.4. The average Bonchev–Trinajstić information content (AvgIpc) is 3.01. The zero-order chi connectivity index (χ0) is 29.5. The molecule has 12 heteroatoms. The maximum atomic E-state index is 9.61. The lowest BCUT2D eigenvalue weighted by molar-refractivity contribution is 0.00427. The van der Waals surface area contributed by atoms with Crippen LogP contribution < -0.4 is 18.9 Å². The maximum absolute atomic E-state index is 9.61. The highest BCUT2D eigenvalue weighted by Crippen LogP contribution is 2.25. The van der Waals surface area contributed by atoms with Crippen molar-refractivity contribution < 1.29 is 57.6 Å². The Morgan fingerprint density at radius 2 is 0.810 bits per heavy atom. The lowest BCUT2D eigenvalue weighted by Gasteiger charge is -2.14. The number of benzene rings is 2. The average molecular weight is 597 g/mol. The fourth-order valence-electron chi connectivity index (χ4n) is 3.73. The molecule has 3 rings (SSSR count). The first kappa shape index (κ1) is 33.8. The first-order valence-electron chi connectivity index (χ1n) is 14.2. The van der Waals surface area contributed by atoms with Gasteiger partial charge < -0.3 is 57.6 Å². The smallest absolute Gasteiger partial charge is 0.128 e. The third kappa shape index (κ3) is 14.5. The molecule has 12 nitrogen and oxygen atoms in total. The summed E-state index contributed by atoms with van der Waals surface area (Å²) in [5.74, 6) is 2.35. The van der Waals surface area contributed by atoms with Crippen LogP contribution in [0.4, 0.5) is 0 Å². The van der Waals surface area contributed by atoms with E-state index in [0.29, 0.717) is 140 Å². The molecule has 0 spiro atoms. The number of aliphatic hydroxyl groups is 2. The minimum atomic E-state index is -0.141. The highest BCUT2D eigenvalue weighted by Gasteiger charge is 2.07. The van der Waals surface area contributed by atoms with E-state index in [2.05, 4.69) is 0 Å². The topological polar surface area (TPSA) is 133 Å². The van der Waals surface area contributed by atoms with Crippen molar-refractivity contribution in [1.82, 2.24) is 0 Å². The van der Waals surface area contributed by atoms with E-state index in [1.54, 1.807) is 36.4 Å². The standard InChI is InChI=1S/C30H44O12/c31-23-25-19-28-21-29(20-25)41-17-13-37-9-5-34-6-10-38-14-18-42-30-22-27(2-1-26(30)24-32)39-15-11-35-7-3-33-4-8-36-12-16-40-28/h1-2,19-22,31-32H,3-18,23-24H2. The Bertz CT molecular complexity index is 973. The van der Waals surface area contributed by atoms with Crippen molar-refractivity contribution in [2.75, 3.05) is 106 Å². The molecule has 2 N–H and O–H groups in total. The summed E-state index contributed by atoms with van der Waals surface area (Å²) in [6.45, 7) is 6.15. The van der Waals surface area contributed by atoms with E-state index in [-0.39, 0.29) is 13.2 Å². The molecule has 236 valence electrons. The van der Waals surface area contributed by atoms with Crippen molar-refractivity contribution >= 4 is 0 Å². The molecule has 0 radical (unpaired) electrons. The molecule has 1 aliphatic heterocycles. The van der Waals surface area contributed by atoms with E-state index < -0.39 is 0 Å². The van der Waals surface area contributed by atoms with Crippen molar-refractivity contribution in [3.63, 3.8) is 0 Å². The second kappa shape index (κ2) is 21.9. The molecular weight excluding hydrogens is 552 g/mol. The van der Waals surface area contributed by atoms with E-state index >= 15 is 0 Å². The molecular formula is C30H44O12. The fourth-order valence-corrected chi connectivity index (χ4v) is 3.73. The Balaban J connectivity index is 1.41. The first-order chi connectivity index (χ1) is 20.8. The molecule has 0 atom stereocenters. The van der Waals surface area contributed by atoms with Crippen LogP contribution >= 0.6 is 0 Å². The number of aliphatic hydroxyl groups excluding tert-OH is 2. The van der Waals surface area contributed by atoms with Crippen molar-refractivity contribution in [2.24, 2.45) is 0 Å². The second-order valence-corrected chi connectivity index (χ2v) is 8.97. The molecule has 0 fully saturated rings. The summed E-state index contributed by atoms with van der Waals surface area (Å²) in [5.41, 5.74) is 1.36. The summed E-state index contributed by atoms with van der Waals surface area (Å²) in [4.78, 5) is 0. The van der Waals surface area contributed by atoms with Crippen molar-refractivity contribution in [3.8, 4) is 23.0 Å². The lowest BCUT2D eigenvalue weighted by Crippen LogP contribution is -2.15. The number of ether oxygens (including phenoxy) is 10. The van der Waals surface area contributed by atoms with Crippen LogP contribution in [0, 0.1) is 0 Å². The summed E-state index contributed by atoms with van der Waals surface area (Å²) in [5, 5.41) is 19.2. The van der Waals surface area contributed by atoms with Gasteiger partial charge in [-0.15, -0.1) is 0 Å². The predicted octanol–water partition coefficient (Wildman–Crippen LogP) is 2.00. The van der Waals surface area contributed by atoms with Crippen LogP contribution in [0.15, 0.2) is 36.4 Å². The Labute approximate surface area is 247 Å². The van der Waals surface area contributed by atoms with E-state index in [0.717, 1.165) is 0 Å². The third-order valence-electron chi connectivity index (χ3n) is 5.79. The molecule has 42 heavy (non-hydrogen) atoms. The van der Waals surface area contributed by atoms with Gasteiger partial charge in [0.1, 0.15) is 49.4 Å². The van der Waals surface area contributed by atoms with E-state index in [4.69, 9.17) is 47.4 Å². The molecule has 0 saturated carbocycles.